The van der Waals surface area contributed by atoms with Crippen LogP contribution in [0.5, 0.6) is 5.75 Å². The summed E-state index contributed by atoms with van der Waals surface area (Å²) in [5.41, 5.74) is 3.76. The minimum atomic E-state index is 0.0144. The lowest BCUT2D eigenvalue weighted by Crippen LogP contribution is -2.61. The Hall–Kier alpha value is -2.69. The van der Waals surface area contributed by atoms with Gasteiger partial charge in [0.05, 0.1) is 19.1 Å². The number of piperazine rings is 1. The molecular formula is C24H29N3O2. The topological polar surface area (TPSA) is 36.0 Å². The van der Waals surface area contributed by atoms with E-state index >= 15 is 0 Å². The van der Waals surface area contributed by atoms with Gasteiger partial charge in [-0.05, 0) is 43.0 Å². The Bertz CT molecular complexity index is 879. The normalized spacial score (nSPS) is 23.6. The first-order valence-corrected chi connectivity index (χ1v) is 10.8. The van der Waals surface area contributed by atoms with Crippen molar-refractivity contribution in [2.75, 3.05) is 49.6 Å². The maximum atomic E-state index is 13.5. The van der Waals surface area contributed by atoms with E-state index < -0.39 is 0 Å². The summed E-state index contributed by atoms with van der Waals surface area (Å²) in [6, 6.07) is 17.1. The van der Waals surface area contributed by atoms with Gasteiger partial charge in [-0.2, -0.15) is 0 Å². The van der Waals surface area contributed by atoms with Crippen molar-refractivity contribution in [2.45, 2.75) is 25.3 Å². The number of nitrogens with zero attached hydrogens (tertiary/aromatic N) is 3. The third-order valence-electron chi connectivity index (χ3n) is 6.78. The molecule has 2 aromatic rings. The van der Waals surface area contributed by atoms with Crippen LogP contribution in [0.1, 0.15) is 18.4 Å². The van der Waals surface area contributed by atoms with Crippen LogP contribution in [0, 0.1) is 5.92 Å². The summed E-state index contributed by atoms with van der Waals surface area (Å²) in [5, 5.41) is 0. The molecule has 0 aromatic heterocycles. The van der Waals surface area contributed by atoms with Crippen LogP contribution in [0.3, 0.4) is 0 Å². The molecule has 3 aliphatic rings. The fraction of sp³-hybridized carbons (Fsp3) is 0.458. The molecule has 5 nitrogen and oxygen atoms in total. The van der Waals surface area contributed by atoms with Gasteiger partial charge in [-0.1, -0.05) is 24.3 Å². The largest absolute Gasteiger partial charge is 0.497 e. The Kier molecular flexibility index (Phi) is 4.82. The van der Waals surface area contributed by atoms with Crippen molar-refractivity contribution in [1.29, 1.82) is 0 Å². The minimum absolute atomic E-state index is 0.0144. The monoisotopic (exact) mass is 391 g/mol. The van der Waals surface area contributed by atoms with Crippen LogP contribution in [0.15, 0.2) is 48.5 Å². The van der Waals surface area contributed by atoms with Crippen molar-refractivity contribution in [1.82, 2.24) is 4.90 Å². The molecule has 0 unspecified atom stereocenters. The molecule has 2 aromatic carbocycles. The van der Waals surface area contributed by atoms with E-state index in [9.17, 15) is 4.79 Å². The van der Waals surface area contributed by atoms with Crippen molar-refractivity contribution < 1.29 is 9.53 Å². The zero-order valence-corrected chi connectivity index (χ0v) is 17.1. The van der Waals surface area contributed by atoms with Gasteiger partial charge in [0.1, 0.15) is 5.75 Å². The standard InChI is InChI=1S/C24H29N3O2/c1-29-20-10-9-18-15-21(24(28)25-11-5-6-12-25)23-17-26(19-7-3-2-4-8-19)13-14-27(23)22(18)16-20/h2-4,7-10,16,21,23H,5-6,11-15,17H2,1H3/t21-,23+/m0/s1. The van der Waals surface area contributed by atoms with Gasteiger partial charge in [0, 0.05) is 50.2 Å². The first-order chi connectivity index (χ1) is 14.2. The van der Waals surface area contributed by atoms with Crippen molar-refractivity contribution in [3.05, 3.63) is 54.1 Å². The summed E-state index contributed by atoms with van der Waals surface area (Å²) in [7, 11) is 1.72. The number of amides is 1. The molecule has 3 aliphatic heterocycles. The van der Waals surface area contributed by atoms with Crippen molar-refractivity contribution in [3.63, 3.8) is 0 Å². The molecule has 0 aliphatic carbocycles. The number of hydrogen-bond donors (Lipinski definition) is 0. The number of carbonyl (C=O) groups is 1. The quantitative estimate of drug-likeness (QED) is 0.805. The molecule has 2 atom stereocenters. The van der Waals surface area contributed by atoms with Crippen LogP contribution in [0.2, 0.25) is 0 Å². The molecular weight excluding hydrogens is 362 g/mol. The molecule has 1 amide bonds. The minimum Gasteiger partial charge on any atom is -0.497 e. The Morgan fingerprint density at radius 3 is 2.55 bits per heavy atom. The highest BCUT2D eigenvalue weighted by atomic mass is 16.5. The predicted octanol–water partition coefficient (Wildman–Crippen LogP) is 3.19. The number of para-hydroxylation sites is 1. The molecule has 0 saturated carbocycles. The van der Waals surface area contributed by atoms with Gasteiger partial charge in [-0.25, -0.2) is 0 Å². The Morgan fingerprint density at radius 1 is 1.00 bits per heavy atom. The predicted molar refractivity (Wildman–Crippen MR) is 116 cm³/mol. The molecule has 5 heteroatoms. The lowest BCUT2D eigenvalue weighted by molar-refractivity contribution is -0.135. The molecule has 0 spiro atoms. The fourth-order valence-corrected chi connectivity index (χ4v) is 5.23. The van der Waals surface area contributed by atoms with Gasteiger partial charge in [0.2, 0.25) is 5.91 Å². The lowest BCUT2D eigenvalue weighted by Gasteiger charge is -2.50. The number of methoxy groups -OCH3 is 1. The second-order valence-corrected chi connectivity index (χ2v) is 8.38. The summed E-state index contributed by atoms with van der Waals surface area (Å²) in [6.45, 7) is 4.59. The van der Waals surface area contributed by atoms with Gasteiger partial charge in [0.15, 0.2) is 0 Å². The smallest absolute Gasteiger partial charge is 0.228 e. The van der Waals surface area contributed by atoms with E-state index in [0.29, 0.717) is 5.91 Å². The van der Waals surface area contributed by atoms with E-state index in [4.69, 9.17) is 4.74 Å². The Balaban J connectivity index is 1.49. The van der Waals surface area contributed by atoms with Gasteiger partial charge >= 0.3 is 0 Å². The molecule has 5 rings (SSSR count). The number of anilines is 2. The highest BCUT2D eigenvalue weighted by Crippen LogP contribution is 2.39. The van der Waals surface area contributed by atoms with Crippen LogP contribution >= 0.6 is 0 Å². The molecule has 0 bridgehead atoms. The molecule has 2 fully saturated rings. The zero-order chi connectivity index (χ0) is 19.8. The van der Waals surface area contributed by atoms with E-state index in [1.807, 2.05) is 6.07 Å². The van der Waals surface area contributed by atoms with E-state index in [1.54, 1.807) is 7.11 Å². The number of ether oxygens (including phenoxy) is 1. The average molecular weight is 392 g/mol. The number of hydrogen-bond acceptors (Lipinski definition) is 4. The average Bonchev–Trinajstić information content (AvgIpc) is 3.33. The maximum absolute atomic E-state index is 13.5. The molecule has 0 N–H and O–H groups in total. The first-order valence-electron chi connectivity index (χ1n) is 10.8. The maximum Gasteiger partial charge on any atom is 0.228 e. The second kappa shape index (κ2) is 7.62. The van der Waals surface area contributed by atoms with E-state index in [2.05, 4.69) is 57.2 Å². The van der Waals surface area contributed by atoms with Crippen molar-refractivity contribution in [2.24, 2.45) is 5.92 Å². The zero-order valence-electron chi connectivity index (χ0n) is 17.1. The number of benzene rings is 2. The number of likely N-dealkylation sites (tertiary alicyclic amines) is 1. The molecule has 152 valence electrons. The number of rotatable bonds is 3. The Morgan fingerprint density at radius 2 is 1.79 bits per heavy atom. The van der Waals surface area contributed by atoms with E-state index in [-0.39, 0.29) is 12.0 Å². The van der Waals surface area contributed by atoms with Gasteiger partial charge in [-0.15, -0.1) is 0 Å². The molecule has 3 heterocycles. The van der Waals surface area contributed by atoms with Crippen LogP contribution in [-0.4, -0.2) is 56.7 Å². The summed E-state index contributed by atoms with van der Waals surface area (Å²) in [5.74, 6) is 1.24. The fourth-order valence-electron chi connectivity index (χ4n) is 5.23. The summed E-state index contributed by atoms with van der Waals surface area (Å²) in [6.07, 6.45) is 3.09. The summed E-state index contributed by atoms with van der Waals surface area (Å²) in [4.78, 5) is 20.5. The number of fused-ring (bicyclic) bond motifs is 3. The van der Waals surface area contributed by atoms with E-state index in [0.717, 1.165) is 57.7 Å². The van der Waals surface area contributed by atoms with E-state index in [1.165, 1.54) is 16.9 Å². The highest BCUT2D eigenvalue weighted by molar-refractivity contribution is 5.83. The summed E-state index contributed by atoms with van der Waals surface area (Å²) >= 11 is 0. The Labute approximate surface area is 172 Å². The molecule has 2 saturated heterocycles. The van der Waals surface area contributed by atoms with Crippen LogP contribution in [-0.2, 0) is 11.2 Å². The summed E-state index contributed by atoms with van der Waals surface area (Å²) < 4.78 is 5.49. The third-order valence-corrected chi connectivity index (χ3v) is 6.78. The van der Waals surface area contributed by atoms with Crippen LogP contribution in [0.25, 0.3) is 0 Å². The van der Waals surface area contributed by atoms with Gasteiger partial charge < -0.3 is 19.4 Å². The van der Waals surface area contributed by atoms with Crippen molar-refractivity contribution in [3.8, 4) is 5.75 Å². The number of carbonyl (C=O) groups excluding carboxylic acids is 1. The van der Waals surface area contributed by atoms with Gasteiger partial charge in [0.25, 0.3) is 0 Å². The SMILES string of the molecule is COc1ccc2c(c1)N1CCN(c3ccccc3)C[C@@H]1[C@@H](C(=O)N1CCCC1)C2. The third kappa shape index (κ3) is 3.33. The van der Waals surface area contributed by atoms with Crippen LogP contribution < -0.4 is 14.5 Å². The first kappa shape index (κ1) is 18.3. The molecule has 0 radical (unpaired) electrons. The lowest BCUT2D eigenvalue weighted by atomic mass is 9.83. The highest BCUT2D eigenvalue weighted by Gasteiger charge is 2.43. The molecule has 29 heavy (non-hydrogen) atoms. The van der Waals surface area contributed by atoms with Crippen LogP contribution in [0.4, 0.5) is 11.4 Å². The van der Waals surface area contributed by atoms with Crippen molar-refractivity contribution >= 4 is 17.3 Å². The van der Waals surface area contributed by atoms with Gasteiger partial charge in [-0.3, -0.25) is 4.79 Å². The second-order valence-electron chi connectivity index (χ2n) is 8.38.